The Kier molecular flexibility index (Phi) is 11.2. The molecule has 0 aromatic heterocycles. The lowest BCUT2D eigenvalue weighted by atomic mass is 9.81. The van der Waals surface area contributed by atoms with Crippen LogP contribution in [0.3, 0.4) is 0 Å². The molecule has 1 aliphatic carbocycles. The summed E-state index contributed by atoms with van der Waals surface area (Å²) in [5.74, 6) is -2.03. The van der Waals surface area contributed by atoms with Gasteiger partial charge in [0.2, 0.25) is 0 Å². The lowest BCUT2D eigenvalue weighted by Gasteiger charge is -2.37. The van der Waals surface area contributed by atoms with Gasteiger partial charge in [-0.3, -0.25) is 9.59 Å². The van der Waals surface area contributed by atoms with Gasteiger partial charge in [-0.15, -0.1) is 0 Å². The van der Waals surface area contributed by atoms with Gasteiger partial charge < -0.3 is 34.1 Å². The van der Waals surface area contributed by atoms with Crippen molar-refractivity contribution in [2.45, 2.75) is 82.0 Å². The average molecular weight is 612 g/mol. The first-order valence-electron chi connectivity index (χ1n) is 15.1. The van der Waals surface area contributed by atoms with Crippen LogP contribution >= 0.6 is 0 Å². The molecule has 2 aromatic carbocycles. The van der Waals surface area contributed by atoms with E-state index in [9.17, 15) is 24.3 Å². The Bertz CT molecular complexity index is 1340. The molecule has 1 amide bonds. The minimum atomic E-state index is -1.69. The number of amides is 1. The Morgan fingerprint density at radius 3 is 2.41 bits per heavy atom. The minimum Gasteiger partial charge on any atom is -0.493 e. The summed E-state index contributed by atoms with van der Waals surface area (Å²) >= 11 is 0. The summed E-state index contributed by atoms with van der Waals surface area (Å²) < 4.78 is 22.2. The maximum absolute atomic E-state index is 13.7. The molecule has 2 aromatic rings. The predicted molar refractivity (Wildman–Crippen MR) is 159 cm³/mol. The van der Waals surface area contributed by atoms with Crippen LogP contribution in [-0.4, -0.2) is 77.8 Å². The highest BCUT2D eigenvalue weighted by Crippen LogP contribution is 2.33. The van der Waals surface area contributed by atoms with E-state index in [1.54, 1.807) is 44.6 Å². The number of esters is 1. The number of piperidine rings is 1. The molecule has 1 saturated carbocycles. The number of aliphatic hydroxyl groups is 1. The lowest BCUT2D eigenvalue weighted by molar-refractivity contribution is -0.167. The summed E-state index contributed by atoms with van der Waals surface area (Å²) in [6, 6.07) is 11.2. The molecule has 0 radical (unpaired) electrons. The maximum Gasteiger partial charge on any atom is 0.341 e. The number of nitrogens with zero attached hydrogens (tertiary/aromatic N) is 1. The van der Waals surface area contributed by atoms with Crippen LogP contribution in [0.5, 0.6) is 17.2 Å². The number of Topliss-reactive ketones (excluding diaryl/α,β-unsaturated/α-hetero) is 1. The summed E-state index contributed by atoms with van der Waals surface area (Å²) in [7, 11) is 3.10. The lowest BCUT2D eigenvalue weighted by Crippen LogP contribution is -2.56. The number of aliphatic carboxylic acids is 1. The molecular formula is C33H41NO10. The Hall–Kier alpha value is -4.12. The van der Waals surface area contributed by atoms with E-state index < -0.39 is 48.0 Å². The summed E-state index contributed by atoms with van der Waals surface area (Å²) in [6.45, 7) is -0.311. The number of ketones is 1. The van der Waals surface area contributed by atoms with E-state index in [4.69, 9.17) is 24.1 Å². The van der Waals surface area contributed by atoms with Crippen molar-refractivity contribution in [3.05, 3.63) is 53.6 Å². The second-order valence-corrected chi connectivity index (χ2v) is 11.3. The fourth-order valence-corrected chi connectivity index (χ4v) is 5.91. The van der Waals surface area contributed by atoms with Gasteiger partial charge in [0, 0.05) is 6.54 Å². The van der Waals surface area contributed by atoms with E-state index >= 15 is 0 Å². The topological polar surface area (TPSA) is 149 Å². The Morgan fingerprint density at radius 1 is 0.955 bits per heavy atom. The number of rotatable bonds is 13. The van der Waals surface area contributed by atoms with Crippen molar-refractivity contribution in [3.63, 3.8) is 0 Å². The van der Waals surface area contributed by atoms with Crippen LogP contribution in [0.1, 0.15) is 75.0 Å². The van der Waals surface area contributed by atoms with Gasteiger partial charge >= 0.3 is 11.9 Å². The highest BCUT2D eigenvalue weighted by atomic mass is 16.5. The maximum atomic E-state index is 13.7. The zero-order chi connectivity index (χ0) is 31.7. The van der Waals surface area contributed by atoms with Gasteiger partial charge in [0.1, 0.15) is 23.5 Å². The van der Waals surface area contributed by atoms with Gasteiger partial charge in [0.15, 0.2) is 18.1 Å². The normalized spacial score (nSPS) is 18.5. The van der Waals surface area contributed by atoms with Crippen LogP contribution in [0.15, 0.2) is 42.5 Å². The zero-order valence-electron chi connectivity index (χ0n) is 25.3. The molecule has 1 heterocycles. The second-order valence-electron chi connectivity index (χ2n) is 11.3. The summed E-state index contributed by atoms with van der Waals surface area (Å²) in [5, 5.41) is 20.0. The number of carbonyl (C=O) groups is 4. The van der Waals surface area contributed by atoms with E-state index in [1.807, 2.05) is 12.1 Å². The van der Waals surface area contributed by atoms with Gasteiger partial charge in [-0.25, -0.2) is 9.59 Å². The smallest absolute Gasteiger partial charge is 0.341 e. The minimum absolute atomic E-state index is 0.218. The molecule has 11 heteroatoms. The van der Waals surface area contributed by atoms with Crippen LogP contribution in [0, 0.1) is 0 Å². The molecule has 238 valence electrons. The van der Waals surface area contributed by atoms with Crippen molar-refractivity contribution in [3.8, 4) is 17.2 Å². The number of benzene rings is 2. The molecule has 0 bridgehead atoms. The quantitative estimate of drug-likeness (QED) is 0.251. The first-order valence-corrected chi connectivity index (χ1v) is 15.1. The SMILES string of the molecule is COc1ccc(CC[C@@H](OC(=O)C2CCCCN2C(=O)C(=O)C2(O)CCCCC2)c2cccc(OCC(=O)O)c2)cc1OC. The van der Waals surface area contributed by atoms with Crippen LogP contribution in [0.2, 0.25) is 0 Å². The van der Waals surface area contributed by atoms with Crippen molar-refractivity contribution in [1.82, 2.24) is 4.90 Å². The van der Waals surface area contributed by atoms with Crippen molar-refractivity contribution in [2.75, 3.05) is 27.4 Å². The molecular weight excluding hydrogens is 570 g/mol. The Morgan fingerprint density at radius 2 is 1.70 bits per heavy atom. The van der Waals surface area contributed by atoms with Gasteiger partial charge in [-0.1, -0.05) is 37.5 Å². The third kappa shape index (κ3) is 8.07. The van der Waals surface area contributed by atoms with E-state index in [0.717, 1.165) is 12.0 Å². The Balaban J connectivity index is 1.55. The molecule has 44 heavy (non-hydrogen) atoms. The molecule has 2 atom stereocenters. The van der Waals surface area contributed by atoms with Gasteiger partial charge in [-0.05, 0) is 80.3 Å². The number of aryl methyl sites for hydroxylation is 1. The molecule has 2 N–H and O–H groups in total. The van der Waals surface area contributed by atoms with E-state index in [0.29, 0.717) is 67.8 Å². The number of hydrogen-bond donors (Lipinski definition) is 2. The number of carbonyl (C=O) groups excluding carboxylic acids is 3. The monoisotopic (exact) mass is 611 g/mol. The molecule has 2 aliphatic rings. The molecule has 1 unspecified atom stereocenters. The standard InChI is InChI=1S/C33H41NO10/c1-41-27-15-13-22(19-28(27)42-2)12-14-26(23-9-8-10-24(20-23)43-21-29(35)36)44-32(39)25-11-4-7-18-34(25)31(38)30(37)33(40)16-5-3-6-17-33/h8-10,13,15,19-20,25-26,40H,3-7,11-12,14,16-18,21H2,1-2H3,(H,35,36)/t25?,26-/m1/s1. The number of methoxy groups -OCH3 is 2. The fourth-order valence-electron chi connectivity index (χ4n) is 5.91. The van der Waals surface area contributed by atoms with Crippen molar-refractivity contribution >= 4 is 23.6 Å². The van der Waals surface area contributed by atoms with Gasteiger partial charge in [-0.2, -0.15) is 0 Å². The summed E-state index contributed by atoms with van der Waals surface area (Å²) in [5.41, 5.74) is -0.203. The van der Waals surface area contributed by atoms with Crippen LogP contribution in [0.4, 0.5) is 0 Å². The van der Waals surface area contributed by atoms with E-state index in [2.05, 4.69) is 0 Å². The summed E-state index contributed by atoms with van der Waals surface area (Å²) in [6.07, 6.45) is 4.40. The fraction of sp³-hybridized carbons (Fsp3) is 0.515. The number of ether oxygens (including phenoxy) is 4. The van der Waals surface area contributed by atoms with Crippen molar-refractivity contribution in [1.29, 1.82) is 0 Å². The van der Waals surface area contributed by atoms with E-state index in [-0.39, 0.29) is 19.4 Å². The molecule has 2 fully saturated rings. The Labute approximate surface area is 257 Å². The molecule has 1 aliphatic heterocycles. The summed E-state index contributed by atoms with van der Waals surface area (Å²) in [4.78, 5) is 52.6. The third-order valence-electron chi connectivity index (χ3n) is 8.33. The molecule has 1 saturated heterocycles. The second kappa shape index (κ2) is 15.1. The van der Waals surface area contributed by atoms with Gasteiger partial charge in [0.25, 0.3) is 11.7 Å². The molecule has 11 nitrogen and oxygen atoms in total. The van der Waals surface area contributed by atoms with E-state index in [1.165, 1.54) is 4.90 Å². The number of carboxylic acids is 1. The number of carboxylic acid groups (broad SMARTS) is 1. The van der Waals surface area contributed by atoms with Crippen LogP contribution < -0.4 is 14.2 Å². The largest absolute Gasteiger partial charge is 0.493 e. The average Bonchev–Trinajstić information content (AvgIpc) is 3.05. The third-order valence-corrected chi connectivity index (χ3v) is 8.33. The predicted octanol–water partition coefficient (Wildman–Crippen LogP) is 4.03. The zero-order valence-corrected chi connectivity index (χ0v) is 25.3. The van der Waals surface area contributed by atoms with Crippen LogP contribution in [0.25, 0.3) is 0 Å². The number of hydrogen-bond acceptors (Lipinski definition) is 9. The molecule has 4 rings (SSSR count). The molecule has 0 spiro atoms. The highest BCUT2D eigenvalue weighted by Gasteiger charge is 2.45. The first kappa shape index (κ1) is 32.8. The van der Waals surface area contributed by atoms with Crippen molar-refractivity contribution < 1.29 is 48.3 Å². The van der Waals surface area contributed by atoms with Crippen LogP contribution in [-0.2, 0) is 30.3 Å². The number of likely N-dealkylation sites (tertiary alicyclic amines) is 1. The van der Waals surface area contributed by atoms with Crippen molar-refractivity contribution in [2.24, 2.45) is 0 Å². The first-order chi connectivity index (χ1) is 21.1. The van der Waals surface area contributed by atoms with Gasteiger partial charge in [0.05, 0.1) is 14.2 Å². The highest BCUT2D eigenvalue weighted by molar-refractivity contribution is 6.39.